The first-order chi connectivity index (χ1) is 13.7. The zero-order chi connectivity index (χ0) is 21.0. The van der Waals surface area contributed by atoms with Crippen molar-refractivity contribution < 1.29 is 27.1 Å². The molecule has 0 aliphatic rings. The number of rotatable bonds is 5. The van der Waals surface area contributed by atoms with Crippen LogP contribution in [-0.4, -0.2) is 27.5 Å². The maximum absolute atomic E-state index is 14.3. The van der Waals surface area contributed by atoms with Gasteiger partial charge in [0.1, 0.15) is 23.0 Å². The van der Waals surface area contributed by atoms with E-state index in [0.717, 1.165) is 24.3 Å². The second kappa shape index (κ2) is 8.09. The van der Waals surface area contributed by atoms with Crippen LogP contribution in [0.5, 0.6) is 5.75 Å². The summed E-state index contributed by atoms with van der Waals surface area (Å²) in [6, 6.07) is 8.12. The average molecular weight is 408 g/mol. The number of carbonyl (C=O) groups is 1. The molecule has 0 aliphatic carbocycles. The summed E-state index contributed by atoms with van der Waals surface area (Å²) < 4.78 is 55.1. The summed E-state index contributed by atoms with van der Waals surface area (Å²) in [5.74, 6) is -1.97. The number of H-pyrrole nitrogens is 1. The lowest BCUT2D eigenvalue weighted by Crippen LogP contribution is -2.32. The molecule has 0 unspecified atom stereocenters. The zero-order valence-corrected chi connectivity index (χ0v) is 14.4. The minimum atomic E-state index is -4.86. The molecule has 1 aromatic carbocycles. The number of aromatic nitrogens is 3. The fourth-order valence-corrected chi connectivity index (χ4v) is 2.46. The lowest BCUT2D eigenvalue weighted by Gasteiger charge is -2.19. The zero-order valence-electron chi connectivity index (χ0n) is 14.4. The Morgan fingerprint density at radius 2 is 1.83 bits per heavy atom. The van der Waals surface area contributed by atoms with Crippen molar-refractivity contribution in [1.82, 2.24) is 20.5 Å². The van der Waals surface area contributed by atoms with Crippen molar-refractivity contribution in [2.45, 2.75) is 12.4 Å². The van der Waals surface area contributed by atoms with E-state index in [9.17, 15) is 27.2 Å². The third-order valence-electron chi connectivity index (χ3n) is 3.69. The number of aromatic amines is 1. The molecule has 2 heterocycles. The first-order valence-corrected chi connectivity index (χ1v) is 8.05. The van der Waals surface area contributed by atoms with Crippen molar-refractivity contribution in [3.05, 3.63) is 87.9 Å². The molecule has 0 fully saturated rings. The lowest BCUT2D eigenvalue weighted by molar-refractivity contribution is -0.274. The molecule has 7 nitrogen and oxygen atoms in total. The number of nitrogens with one attached hydrogen (secondary N) is 2. The number of hydrogen-bond acceptors (Lipinski definition) is 5. The fourth-order valence-electron chi connectivity index (χ4n) is 2.46. The largest absolute Gasteiger partial charge is 0.573 e. The van der Waals surface area contributed by atoms with E-state index in [0.29, 0.717) is 0 Å². The number of halogens is 4. The highest BCUT2D eigenvalue weighted by molar-refractivity contribution is 5.92. The van der Waals surface area contributed by atoms with Gasteiger partial charge in [0.2, 0.25) is 0 Å². The van der Waals surface area contributed by atoms with E-state index in [1.807, 2.05) is 0 Å². The Labute approximate surface area is 160 Å². The molecule has 1 atom stereocenters. The van der Waals surface area contributed by atoms with Gasteiger partial charge in [0, 0.05) is 12.3 Å². The molecule has 0 radical (unpaired) electrons. The van der Waals surface area contributed by atoms with Gasteiger partial charge >= 0.3 is 6.36 Å². The van der Waals surface area contributed by atoms with Crippen LogP contribution >= 0.6 is 0 Å². The summed E-state index contributed by atoms with van der Waals surface area (Å²) in [5.41, 5.74) is -0.582. The van der Waals surface area contributed by atoms with E-state index < -0.39 is 35.4 Å². The van der Waals surface area contributed by atoms with Crippen molar-refractivity contribution in [3.63, 3.8) is 0 Å². The quantitative estimate of drug-likeness (QED) is 0.633. The summed E-state index contributed by atoms with van der Waals surface area (Å²) in [6.07, 6.45) is -3.56. The fraction of sp³-hybridized carbons (Fsp3) is 0.111. The maximum Gasteiger partial charge on any atom is 0.573 e. The molecular formula is C18H12F4N4O3. The highest BCUT2D eigenvalue weighted by atomic mass is 19.4. The second-order valence-electron chi connectivity index (χ2n) is 5.70. The molecule has 0 aliphatic heterocycles. The smallest absolute Gasteiger partial charge is 0.406 e. The molecule has 2 N–H and O–H groups in total. The summed E-state index contributed by atoms with van der Waals surface area (Å²) in [6.45, 7) is 0. The van der Waals surface area contributed by atoms with Crippen LogP contribution in [-0.2, 0) is 0 Å². The van der Waals surface area contributed by atoms with E-state index >= 15 is 0 Å². The highest BCUT2D eigenvalue weighted by Gasteiger charge is 2.31. The minimum absolute atomic E-state index is 0.150. The Hall–Kier alpha value is -3.76. The molecule has 2 aromatic heterocycles. The summed E-state index contributed by atoms with van der Waals surface area (Å²) in [7, 11) is 0. The van der Waals surface area contributed by atoms with Gasteiger partial charge in [-0.3, -0.25) is 14.6 Å². The number of benzene rings is 1. The number of alkyl halides is 3. The molecule has 29 heavy (non-hydrogen) atoms. The van der Waals surface area contributed by atoms with Gasteiger partial charge in [0.25, 0.3) is 11.5 Å². The number of nitrogens with zero attached hydrogens (tertiary/aromatic N) is 2. The van der Waals surface area contributed by atoms with E-state index in [4.69, 9.17) is 0 Å². The standard InChI is InChI=1S/C18H12F4N4O3/c19-12-2-1-9-23-16(12)15(24-17(28)13-7-8-14(27)26-25-13)10-3-5-11(6-4-10)29-18(20,21)22/h1-9,15H,(H,24,28)(H,26,27)/t15-/m0/s1. The molecule has 150 valence electrons. The molecular weight excluding hydrogens is 396 g/mol. The van der Waals surface area contributed by atoms with E-state index in [1.165, 1.54) is 30.5 Å². The van der Waals surface area contributed by atoms with Gasteiger partial charge in [-0.25, -0.2) is 9.49 Å². The number of amides is 1. The second-order valence-corrected chi connectivity index (χ2v) is 5.70. The third-order valence-corrected chi connectivity index (χ3v) is 3.69. The Bertz CT molecular complexity index is 1050. The molecule has 3 aromatic rings. The number of pyridine rings is 1. The van der Waals surface area contributed by atoms with Crippen LogP contribution in [0.2, 0.25) is 0 Å². The first-order valence-electron chi connectivity index (χ1n) is 8.05. The Balaban J connectivity index is 1.93. The maximum atomic E-state index is 14.3. The normalized spacial score (nSPS) is 12.3. The van der Waals surface area contributed by atoms with Crippen LogP contribution in [0, 0.1) is 5.82 Å². The Morgan fingerprint density at radius 3 is 2.41 bits per heavy atom. The van der Waals surface area contributed by atoms with Gasteiger partial charge in [-0.1, -0.05) is 12.1 Å². The topological polar surface area (TPSA) is 97.0 Å². The summed E-state index contributed by atoms with van der Waals surface area (Å²) >= 11 is 0. The third kappa shape index (κ3) is 5.15. The molecule has 11 heteroatoms. The van der Waals surface area contributed by atoms with Crippen molar-refractivity contribution in [2.75, 3.05) is 0 Å². The Kier molecular flexibility index (Phi) is 5.57. The van der Waals surface area contributed by atoms with Crippen LogP contribution in [0.15, 0.2) is 59.5 Å². The SMILES string of the molecule is O=C(N[C@@H](c1ccc(OC(F)(F)F)cc1)c1ncccc1F)c1ccc(=O)[nH]n1. The summed E-state index contributed by atoms with van der Waals surface area (Å²) in [4.78, 5) is 27.5. The molecule has 3 rings (SSSR count). The highest BCUT2D eigenvalue weighted by Crippen LogP contribution is 2.27. The minimum Gasteiger partial charge on any atom is -0.406 e. The van der Waals surface area contributed by atoms with Crippen LogP contribution < -0.4 is 15.6 Å². The van der Waals surface area contributed by atoms with Gasteiger partial charge in [-0.05, 0) is 35.9 Å². The lowest BCUT2D eigenvalue weighted by atomic mass is 10.0. The van der Waals surface area contributed by atoms with Gasteiger partial charge < -0.3 is 10.1 Å². The van der Waals surface area contributed by atoms with Crippen molar-refractivity contribution in [3.8, 4) is 5.75 Å². The monoisotopic (exact) mass is 408 g/mol. The van der Waals surface area contributed by atoms with E-state index in [-0.39, 0.29) is 17.0 Å². The predicted octanol–water partition coefficient (Wildman–Crippen LogP) is 2.72. The van der Waals surface area contributed by atoms with Crippen LogP contribution in [0.3, 0.4) is 0 Å². The van der Waals surface area contributed by atoms with Gasteiger partial charge in [0.05, 0.1) is 6.04 Å². The van der Waals surface area contributed by atoms with Crippen molar-refractivity contribution in [2.24, 2.45) is 0 Å². The average Bonchev–Trinajstić information content (AvgIpc) is 2.67. The summed E-state index contributed by atoms with van der Waals surface area (Å²) in [5, 5.41) is 8.19. The van der Waals surface area contributed by atoms with Gasteiger partial charge in [-0.15, -0.1) is 13.2 Å². The molecule has 0 bridgehead atoms. The number of carbonyl (C=O) groups excluding carboxylic acids is 1. The van der Waals surface area contributed by atoms with E-state index in [2.05, 4.69) is 25.2 Å². The van der Waals surface area contributed by atoms with Crippen molar-refractivity contribution >= 4 is 5.91 Å². The number of ether oxygens (including phenoxy) is 1. The predicted molar refractivity (Wildman–Crippen MR) is 91.5 cm³/mol. The van der Waals surface area contributed by atoms with E-state index in [1.54, 1.807) is 0 Å². The van der Waals surface area contributed by atoms with Crippen LogP contribution in [0.25, 0.3) is 0 Å². The van der Waals surface area contributed by atoms with Crippen LogP contribution in [0.4, 0.5) is 17.6 Å². The van der Waals surface area contributed by atoms with Crippen molar-refractivity contribution in [1.29, 1.82) is 0 Å². The van der Waals surface area contributed by atoms with Crippen LogP contribution in [0.1, 0.15) is 27.8 Å². The van der Waals surface area contributed by atoms with Gasteiger partial charge in [0.15, 0.2) is 0 Å². The van der Waals surface area contributed by atoms with Gasteiger partial charge in [-0.2, -0.15) is 5.10 Å². The first kappa shape index (κ1) is 20.0. The molecule has 0 saturated carbocycles. The molecule has 0 saturated heterocycles. The number of hydrogen-bond donors (Lipinski definition) is 2. The Morgan fingerprint density at radius 1 is 1.10 bits per heavy atom. The molecule has 0 spiro atoms. The molecule has 1 amide bonds.